The van der Waals surface area contributed by atoms with Gasteiger partial charge in [-0.1, -0.05) is 6.92 Å². The molecule has 2 atom stereocenters. The minimum atomic E-state index is -0.358. The van der Waals surface area contributed by atoms with E-state index in [9.17, 15) is 4.79 Å². The number of hydrazine groups is 1. The van der Waals surface area contributed by atoms with Gasteiger partial charge in [-0.15, -0.1) is 0 Å². The third-order valence-electron chi connectivity index (χ3n) is 2.75. The summed E-state index contributed by atoms with van der Waals surface area (Å²) in [7, 11) is 0. The highest BCUT2D eigenvalue weighted by Crippen LogP contribution is 2.26. The van der Waals surface area contributed by atoms with Gasteiger partial charge in [0, 0.05) is 0 Å². The number of carbonyl (C=O) groups excluding carboxylic acids is 1. The average molecular weight is 197 g/mol. The smallest absolute Gasteiger partial charge is 0.240 e. The molecule has 0 bridgehead atoms. The Hall–Kier alpha value is -1.07. The molecule has 2 aliphatic heterocycles. The number of hydrogen-bond donors (Lipinski definition) is 3. The van der Waals surface area contributed by atoms with Gasteiger partial charge in [-0.3, -0.25) is 4.79 Å². The van der Waals surface area contributed by atoms with Gasteiger partial charge in [-0.05, 0) is 18.4 Å². The zero-order valence-corrected chi connectivity index (χ0v) is 8.17. The number of primary amides is 1. The molecule has 0 radical (unpaired) electrons. The molecular formula is C9H15N3O2. The molecule has 0 saturated carbocycles. The largest absolute Gasteiger partial charge is 0.372 e. The summed E-state index contributed by atoms with van der Waals surface area (Å²) in [6.45, 7) is 2.62. The number of ether oxygens (including phenoxy) is 1. The van der Waals surface area contributed by atoms with Crippen LogP contribution in [0.4, 0.5) is 0 Å². The third kappa shape index (κ3) is 1.49. The Morgan fingerprint density at radius 3 is 3.14 bits per heavy atom. The number of nitrogens with one attached hydrogen (secondary N) is 2. The normalized spacial score (nSPS) is 31.2. The Bertz CT molecular complexity index is 288. The summed E-state index contributed by atoms with van der Waals surface area (Å²) in [5.74, 6) is -0.334. The lowest BCUT2D eigenvalue weighted by Gasteiger charge is -2.23. The summed E-state index contributed by atoms with van der Waals surface area (Å²) in [4.78, 5) is 11.1. The summed E-state index contributed by atoms with van der Waals surface area (Å²) < 4.78 is 5.56. The second-order valence-corrected chi connectivity index (χ2v) is 3.65. The molecule has 0 aromatic rings. The molecule has 0 aromatic carbocycles. The predicted molar refractivity (Wildman–Crippen MR) is 50.9 cm³/mol. The number of rotatable bonds is 2. The van der Waals surface area contributed by atoms with Crippen LogP contribution in [0.1, 0.15) is 19.8 Å². The summed E-state index contributed by atoms with van der Waals surface area (Å²) in [6.07, 6.45) is 1.97. The Kier molecular flexibility index (Phi) is 2.43. The van der Waals surface area contributed by atoms with Crippen LogP contribution in [0.5, 0.6) is 0 Å². The van der Waals surface area contributed by atoms with Crippen molar-refractivity contribution < 1.29 is 9.53 Å². The molecule has 2 heterocycles. The highest BCUT2D eigenvalue weighted by molar-refractivity contribution is 5.84. The lowest BCUT2D eigenvalue weighted by atomic mass is 9.96. The van der Waals surface area contributed by atoms with E-state index >= 15 is 0 Å². The molecule has 0 aromatic heterocycles. The molecule has 0 saturated heterocycles. The van der Waals surface area contributed by atoms with Gasteiger partial charge >= 0.3 is 0 Å². The van der Waals surface area contributed by atoms with Crippen molar-refractivity contribution in [2.24, 2.45) is 5.73 Å². The van der Waals surface area contributed by atoms with Crippen LogP contribution in [0, 0.1) is 0 Å². The summed E-state index contributed by atoms with van der Waals surface area (Å²) in [6, 6.07) is -0.358. The molecule has 0 aliphatic carbocycles. The van der Waals surface area contributed by atoms with E-state index in [0.29, 0.717) is 6.61 Å². The van der Waals surface area contributed by atoms with Gasteiger partial charge < -0.3 is 15.9 Å². The highest BCUT2D eigenvalue weighted by atomic mass is 16.5. The summed E-state index contributed by atoms with van der Waals surface area (Å²) in [5.41, 5.74) is 13.1. The van der Waals surface area contributed by atoms with Crippen LogP contribution in [0.25, 0.3) is 0 Å². The fraction of sp³-hybridized carbons (Fsp3) is 0.667. The third-order valence-corrected chi connectivity index (χ3v) is 2.75. The SMILES string of the molecule is CCC1CC2=C(CO1)NNC2C(N)=O. The van der Waals surface area contributed by atoms with E-state index in [1.807, 2.05) is 0 Å². The quantitative estimate of drug-likeness (QED) is 0.552. The van der Waals surface area contributed by atoms with Crippen LogP contribution in [0.2, 0.25) is 0 Å². The molecule has 0 fully saturated rings. The molecule has 2 unspecified atom stereocenters. The second-order valence-electron chi connectivity index (χ2n) is 3.65. The van der Waals surface area contributed by atoms with Crippen molar-refractivity contribution >= 4 is 5.91 Å². The maximum atomic E-state index is 11.1. The molecule has 2 aliphatic rings. The minimum Gasteiger partial charge on any atom is -0.372 e. The molecule has 5 heteroatoms. The molecule has 78 valence electrons. The van der Waals surface area contributed by atoms with Crippen LogP contribution in [0.3, 0.4) is 0 Å². The van der Waals surface area contributed by atoms with Crippen LogP contribution >= 0.6 is 0 Å². The number of nitrogens with two attached hydrogens (primary N) is 1. The van der Waals surface area contributed by atoms with E-state index < -0.39 is 0 Å². The number of hydrogen-bond acceptors (Lipinski definition) is 4. The van der Waals surface area contributed by atoms with E-state index in [1.54, 1.807) is 0 Å². The molecule has 5 nitrogen and oxygen atoms in total. The van der Waals surface area contributed by atoms with Crippen LogP contribution < -0.4 is 16.6 Å². The van der Waals surface area contributed by atoms with Gasteiger partial charge in [-0.2, -0.15) is 0 Å². The monoisotopic (exact) mass is 197 g/mol. The van der Waals surface area contributed by atoms with Crippen LogP contribution in [0.15, 0.2) is 11.3 Å². The van der Waals surface area contributed by atoms with Crippen molar-refractivity contribution in [3.05, 3.63) is 11.3 Å². The van der Waals surface area contributed by atoms with E-state index in [2.05, 4.69) is 17.8 Å². The Morgan fingerprint density at radius 1 is 1.71 bits per heavy atom. The van der Waals surface area contributed by atoms with Crippen molar-refractivity contribution in [1.29, 1.82) is 0 Å². The molecule has 1 amide bonds. The molecule has 4 N–H and O–H groups in total. The molecule has 2 rings (SSSR count). The molecular weight excluding hydrogens is 182 g/mol. The van der Waals surface area contributed by atoms with Gasteiger partial charge in [-0.25, -0.2) is 5.43 Å². The minimum absolute atomic E-state index is 0.220. The van der Waals surface area contributed by atoms with E-state index in [1.165, 1.54) is 0 Å². The number of amides is 1. The van der Waals surface area contributed by atoms with Gasteiger partial charge in [0.2, 0.25) is 5.91 Å². The summed E-state index contributed by atoms with van der Waals surface area (Å²) >= 11 is 0. The topological polar surface area (TPSA) is 76.4 Å². The summed E-state index contributed by atoms with van der Waals surface area (Å²) in [5, 5.41) is 0. The van der Waals surface area contributed by atoms with Crippen molar-refractivity contribution in [3.63, 3.8) is 0 Å². The zero-order chi connectivity index (χ0) is 10.1. The second kappa shape index (κ2) is 3.59. The van der Waals surface area contributed by atoms with Crippen molar-refractivity contribution in [1.82, 2.24) is 10.9 Å². The van der Waals surface area contributed by atoms with E-state index in [0.717, 1.165) is 24.1 Å². The lowest BCUT2D eigenvalue weighted by molar-refractivity contribution is -0.119. The fourth-order valence-corrected chi connectivity index (χ4v) is 1.88. The molecule has 0 spiro atoms. The van der Waals surface area contributed by atoms with Gasteiger partial charge in [0.15, 0.2) is 0 Å². The zero-order valence-electron chi connectivity index (χ0n) is 8.17. The lowest BCUT2D eigenvalue weighted by Crippen LogP contribution is -2.42. The fourth-order valence-electron chi connectivity index (χ4n) is 1.88. The van der Waals surface area contributed by atoms with E-state index in [-0.39, 0.29) is 18.1 Å². The average Bonchev–Trinajstić information content (AvgIpc) is 2.59. The maximum Gasteiger partial charge on any atom is 0.240 e. The van der Waals surface area contributed by atoms with Gasteiger partial charge in [0.25, 0.3) is 0 Å². The number of carbonyl (C=O) groups is 1. The Balaban J connectivity index is 2.15. The van der Waals surface area contributed by atoms with Crippen LogP contribution in [-0.2, 0) is 9.53 Å². The first-order valence-electron chi connectivity index (χ1n) is 4.86. The highest BCUT2D eigenvalue weighted by Gasteiger charge is 2.33. The first-order chi connectivity index (χ1) is 6.72. The Labute approximate surface area is 82.6 Å². The standard InChI is InChI=1S/C9H15N3O2/c1-2-5-3-6-7(4-14-5)11-12-8(6)9(10)13/h5,8,11-12H,2-4H2,1H3,(H2,10,13). The first-order valence-corrected chi connectivity index (χ1v) is 4.86. The van der Waals surface area contributed by atoms with Crippen molar-refractivity contribution in [3.8, 4) is 0 Å². The van der Waals surface area contributed by atoms with E-state index in [4.69, 9.17) is 10.5 Å². The predicted octanol–water partition coefficient (Wildman–Crippen LogP) is -0.599. The van der Waals surface area contributed by atoms with Gasteiger partial charge in [0.1, 0.15) is 6.04 Å². The maximum absolute atomic E-state index is 11.1. The first kappa shape index (κ1) is 9.48. The van der Waals surface area contributed by atoms with Crippen molar-refractivity contribution in [2.75, 3.05) is 6.61 Å². The van der Waals surface area contributed by atoms with Gasteiger partial charge in [0.05, 0.1) is 18.4 Å². The molecule has 14 heavy (non-hydrogen) atoms. The van der Waals surface area contributed by atoms with Crippen molar-refractivity contribution in [2.45, 2.75) is 31.9 Å². The van der Waals surface area contributed by atoms with Crippen LogP contribution in [-0.4, -0.2) is 24.7 Å². The Morgan fingerprint density at radius 2 is 2.50 bits per heavy atom.